The number of urea groups is 1. The van der Waals surface area contributed by atoms with E-state index in [1.165, 1.54) is 23.5 Å². The summed E-state index contributed by atoms with van der Waals surface area (Å²) >= 11 is 1.43. The van der Waals surface area contributed by atoms with E-state index in [1.54, 1.807) is 37.3 Å². The quantitative estimate of drug-likeness (QED) is 0.489. The van der Waals surface area contributed by atoms with Crippen LogP contribution in [0.15, 0.2) is 58.9 Å². The minimum Gasteiger partial charge on any atom is -0.508 e. The number of rotatable bonds is 4. The Morgan fingerprint density at radius 1 is 1.21 bits per heavy atom. The van der Waals surface area contributed by atoms with Gasteiger partial charge in [0.1, 0.15) is 10.8 Å². The summed E-state index contributed by atoms with van der Waals surface area (Å²) in [5.41, 5.74) is 2.86. The summed E-state index contributed by atoms with van der Waals surface area (Å²) in [5, 5.41) is 26.2. The van der Waals surface area contributed by atoms with Crippen molar-refractivity contribution in [3.05, 3.63) is 74.6 Å². The van der Waals surface area contributed by atoms with E-state index in [0.717, 1.165) is 16.1 Å². The molecule has 1 aliphatic heterocycles. The van der Waals surface area contributed by atoms with Gasteiger partial charge in [0.05, 0.1) is 22.6 Å². The molecule has 0 saturated heterocycles. The van der Waals surface area contributed by atoms with Crippen molar-refractivity contribution in [1.82, 2.24) is 10.3 Å². The molecular weight excluding hydrogens is 392 g/mol. The number of nitro groups is 1. The molecule has 9 heteroatoms. The maximum absolute atomic E-state index is 12.0. The van der Waals surface area contributed by atoms with Crippen LogP contribution in [0.2, 0.25) is 0 Å². The Morgan fingerprint density at radius 3 is 2.66 bits per heavy atom. The number of phenolic OH excluding ortho intramolecular Hbond substituents is 1. The Morgan fingerprint density at radius 2 is 1.97 bits per heavy atom. The van der Waals surface area contributed by atoms with Crippen molar-refractivity contribution in [3.63, 3.8) is 0 Å². The molecule has 0 aliphatic carbocycles. The third kappa shape index (κ3) is 3.72. The molecule has 2 aromatic carbocycles. The summed E-state index contributed by atoms with van der Waals surface area (Å²) < 4.78 is 0. The number of thiazole rings is 1. The fourth-order valence-corrected chi connectivity index (χ4v) is 4.38. The normalized spacial score (nSPS) is 18.8. The number of benzene rings is 2. The third-order valence-electron chi connectivity index (χ3n) is 4.73. The van der Waals surface area contributed by atoms with Gasteiger partial charge in [-0.1, -0.05) is 12.1 Å². The highest BCUT2D eigenvalue weighted by Gasteiger charge is 2.35. The smallest absolute Gasteiger partial charge is 0.341 e. The number of carbonyl (C=O) groups excluding carboxylic acids is 1. The van der Waals surface area contributed by atoms with Crippen LogP contribution >= 0.6 is 11.3 Å². The number of nitro benzene ring substituents is 1. The zero-order valence-electron chi connectivity index (χ0n) is 15.3. The molecule has 8 nitrogen and oxygen atoms in total. The predicted molar refractivity (Wildman–Crippen MR) is 109 cm³/mol. The van der Waals surface area contributed by atoms with Crippen LogP contribution in [0.25, 0.3) is 11.3 Å². The van der Waals surface area contributed by atoms with Gasteiger partial charge >= 0.3 is 6.03 Å². The molecule has 0 radical (unpaired) electrons. The van der Waals surface area contributed by atoms with Gasteiger partial charge in [-0.15, -0.1) is 11.3 Å². The van der Waals surface area contributed by atoms with Crippen molar-refractivity contribution in [2.24, 2.45) is 4.99 Å². The van der Waals surface area contributed by atoms with Gasteiger partial charge in [0.25, 0.3) is 5.69 Å². The summed E-state index contributed by atoms with van der Waals surface area (Å²) in [6.07, 6.45) is 0. The minimum absolute atomic E-state index is 0.0196. The lowest BCUT2D eigenvalue weighted by atomic mass is 9.88. The first kappa shape index (κ1) is 18.8. The SMILES string of the molecule is CC1=NC(=O)NC(c2cccc(O)c2)C1c1nc(-c2ccc([N+](=O)[O-])cc2)cs1. The van der Waals surface area contributed by atoms with E-state index in [1.807, 2.05) is 11.4 Å². The molecule has 3 aromatic rings. The van der Waals surface area contributed by atoms with Crippen LogP contribution < -0.4 is 5.32 Å². The van der Waals surface area contributed by atoms with Gasteiger partial charge in [-0.2, -0.15) is 0 Å². The highest BCUT2D eigenvalue weighted by molar-refractivity contribution is 7.10. The van der Waals surface area contributed by atoms with Gasteiger partial charge in [0.15, 0.2) is 0 Å². The summed E-state index contributed by atoms with van der Waals surface area (Å²) in [5.74, 6) is -0.173. The minimum atomic E-state index is -0.444. The first-order valence-corrected chi connectivity index (χ1v) is 9.65. The Bertz CT molecular complexity index is 1120. The Balaban J connectivity index is 1.71. The predicted octanol–water partition coefficient (Wildman–Crippen LogP) is 4.43. The summed E-state index contributed by atoms with van der Waals surface area (Å²) in [7, 11) is 0. The molecule has 2 N–H and O–H groups in total. The number of hydrogen-bond acceptors (Lipinski definition) is 6. The van der Waals surface area contributed by atoms with Crippen LogP contribution in [0.4, 0.5) is 10.5 Å². The Kier molecular flexibility index (Phi) is 4.81. The molecule has 0 bridgehead atoms. The second-order valence-corrected chi connectivity index (χ2v) is 7.52. The number of amides is 2. The van der Waals surface area contributed by atoms with Gasteiger partial charge in [0, 0.05) is 28.8 Å². The van der Waals surface area contributed by atoms with Crippen molar-refractivity contribution < 1.29 is 14.8 Å². The molecule has 0 spiro atoms. The van der Waals surface area contributed by atoms with E-state index in [0.29, 0.717) is 11.4 Å². The highest BCUT2D eigenvalue weighted by Crippen LogP contribution is 2.38. The van der Waals surface area contributed by atoms with Crippen LogP contribution in [0.3, 0.4) is 0 Å². The first-order valence-electron chi connectivity index (χ1n) is 8.77. The Hall–Kier alpha value is -3.59. The van der Waals surface area contributed by atoms with Crippen molar-refractivity contribution in [2.75, 3.05) is 0 Å². The second-order valence-electron chi connectivity index (χ2n) is 6.63. The van der Waals surface area contributed by atoms with Crippen LogP contribution in [0, 0.1) is 10.1 Å². The lowest BCUT2D eigenvalue weighted by molar-refractivity contribution is -0.384. The van der Waals surface area contributed by atoms with Crippen molar-refractivity contribution in [2.45, 2.75) is 18.9 Å². The highest BCUT2D eigenvalue weighted by atomic mass is 32.1. The number of nitrogens with zero attached hydrogens (tertiary/aromatic N) is 3. The zero-order valence-corrected chi connectivity index (χ0v) is 16.1. The van der Waals surface area contributed by atoms with E-state index in [9.17, 15) is 20.0 Å². The molecule has 29 heavy (non-hydrogen) atoms. The standard InChI is InChI=1S/C20H16N4O4S/c1-11-17(18(23-20(26)21-11)13-3-2-4-15(25)9-13)19-22-16(10-29-19)12-5-7-14(8-6-12)24(27)28/h2-10,17-18,25H,1H3,(H,23,26). The van der Waals surface area contributed by atoms with Gasteiger partial charge in [-0.25, -0.2) is 14.8 Å². The second kappa shape index (κ2) is 7.44. The monoisotopic (exact) mass is 408 g/mol. The van der Waals surface area contributed by atoms with Gasteiger partial charge in [-0.05, 0) is 36.8 Å². The van der Waals surface area contributed by atoms with E-state index in [4.69, 9.17) is 4.98 Å². The van der Waals surface area contributed by atoms with Crippen LogP contribution in [0.5, 0.6) is 5.75 Å². The Labute approximate surface area is 169 Å². The topological polar surface area (TPSA) is 118 Å². The van der Waals surface area contributed by atoms with Gasteiger partial charge in [-0.3, -0.25) is 10.1 Å². The summed E-state index contributed by atoms with van der Waals surface area (Å²) in [6, 6.07) is 12.1. The number of carbonyl (C=O) groups is 1. The van der Waals surface area contributed by atoms with Crippen molar-refractivity contribution in [1.29, 1.82) is 0 Å². The summed E-state index contributed by atoms with van der Waals surface area (Å²) in [6.45, 7) is 1.78. The van der Waals surface area contributed by atoms with Crippen LogP contribution in [-0.4, -0.2) is 26.8 Å². The maximum atomic E-state index is 12.0. The number of phenols is 1. The van der Waals surface area contributed by atoms with Crippen molar-refractivity contribution >= 4 is 28.8 Å². The largest absolute Gasteiger partial charge is 0.508 e. The number of aromatic nitrogens is 1. The van der Waals surface area contributed by atoms with E-state index < -0.39 is 17.0 Å². The molecule has 2 amide bonds. The number of hydrogen-bond donors (Lipinski definition) is 2. The molecular formula is C20H16N4O4S. The molecule has 2 unspecified atom stereocenters. The molecule has 4 rings (SSSR count). The molecule has 2 atom stereocenters. The van der Waals surface area contributed by atoms with Crippen molar-refractivity contribution in [3.8, 4) is 17.0 Å². The summed E-state index contributed by atoms with van der Waals surface area (Å²) in [4.78, 5) is 31.2. The fourth-order valence-electron chi connectivity index (χ4n) is 3.35. The van der Waals surface area contributed by atoms with Crippen LogP contribution in [-0.2, 0) is 0 Å². The van der Waals surface area contributed by atoms with Gasteiger partial charge in [0.2, 0.25) is 0 Å². The molecule has 2 heterocycles. The van der Waals surface area contributed by atoms with Gasteiger partial charge < -0.3 is 10.4 Å². The lowest BCUT2D eigenvalue weighted by Gasteiger charge is -2.30. The zero-order chi connectivity index (χ0) is 20.5. The first-order chi connectivity index (χ1) is 13.9. The van der Waals surface area contributed by atoms with Crippen LogP contribution in [0.1, 0.15) is 29.5 Å². The van der Waals surface area contributed by atoms with E-state index in [2.05, 4.69) is 10.3 Å². The average Bonchev–Trinajstić information content (AvgIpc) is 3.17. The number of nitrogens with one attached hydrogen (secondary N) is 1. The molecule has 1 aliphatic rings. The van der Waals surface area contributed by atoms with E-state index in [-0.39, 0.29) is 17.4 Å². The molecule has 1 aromatic heterocycles. The number of aliphatic imine (C=N–C) groups is 1. The third-order valence-corrected chi connectivity index (χ3v) is 5.66. The van der Waals surface area contributed by atoms with E-state index >= 15 is 0 Å². The molecule has 0 fully saturated rings. The lowest BCUT2D eigenvalue weighted by Crippen LogP contribution is -2.38. The number of non-ortho nitro benzene ring substituents is 1. The number of aromatic hydroxyl groups is 1. The average molecular weight is 408 g/mol. The maximum Gasteiger partial charge on any atom is 0.341 e. The fraction of sp³-hybridized carbons (Fsp3) is 0.150. The molecule has 146 valence electrons. The molecule has 0 saturated carbocycles.